The number of aromatic nitrogens is 2. The summed E-state index contributed by atoms with van der Waals surface area (Å²) < 4.78 is 2.25. The first-order valence-corrected chi connectivity index (χ1v) is 6.61. The fourth-order valence-corrected chi connectivity index (χ4v) is 3.34. The SMILES string of the molecule is Cc1nc(-c2csc3ccccc23)c(Br)[nH]1. The van der Waals surface area contributed by atoms with Crippen LogP contribution in [0.15, 0.2) is 34.2 Å². The number of benzene rings is 1. The number of imidazole rings is 1. The molecule has 0 saturated heterocycles. The molecule has 3 rings (SSSR count). The Hall–Kier alpha value is -1.13. The van der Waals surface area contributed by atoms with Crippen LogP contribution in [0, 0.1) is 6.92 Å². The third kappa shape index (κ3) is 1.49. The van der Waals surface area contributed by atoms with E-state index in [-0.39, 0.29) is 0 Å². The topological polar surface area (TPSA) is 28.7 Å². The minimum atomic E-state index is 0.928. The van der Waals surface area contributed by atoms with Crippen molar-refractivity contribution >= 4 is 37.4 Å². The van der Waals surface area contributed by atoms with Crippen molar-refractivity contribution in [2.24, 2.45) is 0 Å². The van der Waals surface area contributed by atoms with Gasteiger partial charge in [0, 0.05) is 21.0 Å². The Labute approximate surface area is 105 Å². The van der Waals surface area contributed by atoms with E-state index in [0.29, 0.717) is 0 Å². The highest BCUT2D eigenvalue weighted by Crippen LogP contribution is 2.35. The molecule has 0 aliphatic carbocycles. The molecular formula is C12H9BrN2S. The van der Waals surface area contributed by atoms with Crippen molar-refractivity contribution in [3.8, 4) is 11.3 Å². The van der Waals surface area contributed by atoms with E-state index in [4.69, 9.17) is 0 Å². The molecule has 1 N–H and O–H groups in total. The number of hydrogen-bond acceptors (Lipinski definition) is 2. The first-order chi connectivity index (χ1) is 7.75. The highest BCUT2D eigenvalue weighted by atomic mass is 79.9. The van der Waals surface area contributed by atoms with Crippen LogP contribution >= 0.6 is 27.3 Å². The van der Waals surface area contributed by atoms with Crippen molar-refractivity contribution in [2.45, 2.75) is 6.92 Å². The number of H-pyrrole nitrogens is 1. The summed E-state index contributed by atoms with van der Waals surface area (Å²) in [6.07, 6.45) is 0. The summed E-state index contributed by atoms with van der Waals surface area (Å²) in [5.74, 6) is 0.928. The molecule has 0 saturated carbocycles. The van der Waals surface area contributed by atoms with Gasteiger partial charge in [-0.2, -0.15) is 0 Å². The molecule has 1 aromatic carbocycles. The smallest absolute Gasteiger partial charge is 0.110 e. The second kappa shape index (κ2) is 3.71. The second-order valence-corrected chi connectivity index (χ2v) is 5.33. The highest BCUT2D eigenvalue weighted by molar-refractivity contribution is 9.10. The van der Waals surface area contributed by atoms with Gasteiger partial charge in [-0.3, -0.25) is 0 Å². The van der Waals surface area contributed by atoms with Crippen LogP contribution < -0.4 is 0 Å². The molecule has 2 heterocycles. The fraction of sp³-hybridized carbons (Fsp3) is 0.0833. The van der Waals surface area contributed by atoms with Gasteiger partial charge in [0.05, 0.1) is 0 Å². The molecule has 0 bridgehead atoms. The van der Waals surface area contributed by atoms with E-state index in [1.54, 1.807) is 11.3 Å². The lowest BCUT2D eigenvalue weighted by Crippen LogP contribution is -1.76. The second-order valence-electron chi connectivity index (χ2n) is 3.63. The van der Waals surface area contributed by atoms with Gasteiger partial charge in [-0.15, -0.1) is 11.3 Å². The minimum absolute atomic E-state index is 0.928. The molecule has 0 atom stereocenters. The Balaban J connectivity index is 2.30. The molecule has 2 nitrogen and oxygen atoms in total. The maximum atomic E-state index is 4.51. The van der Waals surface area contributed by atoms with Gasteiger partial charge in [-0.25, -0.2) is 4.98 Å². The molecule has 0 fully saturated rings. The normalized spacial score (nSPS) is 11.1. The number of fused-ring (bicyclic) bond motifs is 1. The van der Waals surface area contributed by atoms with Gasteiger partial charge in [0.1, 0.15) is 16.1 Å². The highest BCUT2D eigenvalue weighted by Gasteiger charge is 2.12. The Bertz CT molecular complexity index is 654. The molecule has 0 spiro atoms. The molecule has 0 radical (unpaired) electrons. The average molecular weight is 293 g/mol. The summed E-state index contributed by atoms with van der Waals surface area (Å²) in [7, 11) is 0. The molecule has 80 valence electrons. The number of halogens is 1. The standard InChI is InChI=1S/C12H9BrN2S/c1-7-14-11(12(13)15-7)9-6-16-10-5-3-2-4-8(9)10/h2-6H,1H3,(H,14,15). The summed E-state index contributed by atoms with van der Waals surface area (Å²) in [4.78, 5) is 7.68. The maximum absolute atomic E-state index is 4.51. The monoisotopic (exact) mass is 292 g/mol. The van der Waals surface area contributed by atoms with Crippen LogP contribution in [0.5, 0.6) is 0 Å². The number of nitrogens with zero attached hydrogens (tertiary/aromatic N) is 1. The minimum Gasteiger partial charge on any atom is -0.336 e. The van der Waals surface area contributed by atoms with E-state index in [9.17, 15) is 0 Å². The number of aryl methyl sites for hydroxylation is 1. The van der Waals surface area contributed by atoms with Gasteiger partial charge in [0.2, 0.25) is 0 Å². The van der Waals surface area contributed by atoms with Gasteiger partial charge in [0.25, 0.3) is 0 Å². The number of hydrogen-bond donors (Lipinski definition) is 1. The largest absolute Gasteiger partial charge is 0.336 e. The number of nitrogens with one attached hydrogen (secondary N) is 1. The van der Waals surface area contributed by atoms with Gasteiger partial charge >= 0.3 is 0 Å². The van der Waals surface area contributed by atoms with Crippen molar-refractivity contribution in [1.82, 2.24) is 9.97 Å². The number of rotatable bonds is 1. The van der Waals surface area contributed by atoms with Crippen LogP contribution in [0.25, 0.3) is 21.3 Å². The molecule has 0 aliphatic rings. The van der Waals surface area contributed by atoms with Gasteiger partial charge < -0.3 is 4.98 Å². The molecular weight excluding hydrogens is 284 g/mol. The molecule has 2 aromatic heterocycles. The third-order valence-corrected chi connectivity index (χ3v) is 4.05. The predicted molar refractivity (Wildman–Crippen MR) is 71.8 cm³/mol. The summed E-state index contributed by atoms with van der Waals surface area (Å²) in [6, 6.07) is 8.40. The van der Waals surface area contributed by atoms with Crippen LogP contribution in [0.2, 0.25) is 0 Å². The molecule has 3 aromatic rings. The summed E-state index contributed by atoms with van der Waals surface area (Å²) in [5, 5.41) is 3.42. The van der Waals surface area contributed by atoms with E-state index in [2.05, 4.69) is 55.5 Å². The van der Waals surface area contributed by atoms with E-state index < -0.39 is 0 Å². The number of aromatic amines is 1. The van der Waals surface area contributed by atoms with Crippen LogP contribution in [-0.2, 0) is 0 Å². The summed E-state index contributed by atoms with van der Waals surface area (Å²) in [5.41, 5.74) is 2.19. The van der Waals surface area contributed by atoms with Gasteiger partial charge in [0.15, 0.2) is 0 Å². The molecule has 0 unspecified atom stereocenters. The van der Waals surface area contributed by atoms with Crippen LogP contribution in [0.1, 0.15) is 5.82 Å². The van der Waals surface area contributed by atoms with E-state index in [0.717, 1.165) is 16.1 Å². The molecule has 16 heavy (non-hydrogen) atoms. The lowest BCUT2D eigenvalue weighted by atomic mass is 10.1. The Morgan fingerprint density at radius 2 is 2.12 bits per heavy atom. The zero-order valence-corrected chi connectivity index (χ0v) is 11.0. The van der Waals surface area contributed by atoms with Gasteiger partial charge in [-0.05, 0) is 28.9 Å². The van der Waals surface area contributed by atoms with E-state index >= 15 is 0 Å². The van der Waals surface area contributed by atoms with Crippen LogP contribution in [-0.4, -0.2) is 9.97 Å². The van der Waals surface area contributed by atoms with E-state index in [1.165, 1.54) is 15.6 Å². The Kier molecular flexibility index (Phi) is 2.33. The molecule has 4 heteroatoms. The van der Waals surface area contributed by atoms with Gasteiger partial charge in [-0.1, -0.05) is 18.2 Å². The maximum Gasteiger partial charge on any atom is 0.110 e. The predicted octanol–water partition coefficient (Wildman–Crippen LogP) is 4.36. The molecule has 0 aliphatic heterocycles. The van der Waals surface area contributed by atoms with Crippen molar-refractivity contribution in [2.75, 3.05) is 0 Å². The first kappa shape index (κ1) is 10.1. The third-order valence-electron chi connectivity index (χ3n) is 2.51. The summed E-state index contributed by atoms with van der Waals surface area (Å²) in [6.45, 7) is 1.96. The molecule has 0 amide bonds. The van der Waals surface area contributed by atoms with E-state index in [1.807, 2.05) is 6.92 Å². The number of thiophene rings is 1. The first-order valence-electron chi connectivity index (χ1n) is 4.94. The Morgan fingerprint density at radius 1 is 1.31 bits per heavy atom. The fourth-order valence-electron chi connectivity index (χ4n) is 1.80. The van der Waals surface area contributed by atoms with Crippen molar-refractivity contribution in [3.63, 3.8) is 0 Å². The summed E-state index contributed by atoms with van der Waals surface area (Å²) >= 11 is 5.26. The van der Waals surface area contributed by atoms with Crippen molar-refractivity contribution in [1.29, 1.82) is 0 Å². The Morgan fingerprint density at radius 3 is 2.88 bits per heavy atom. The van der Waals surface area contributed by atoms with Crippen LogP contribution in [0.4, 0.5) is 0 Å². The lowest BCUT2D eigenvalue weighted by Gasteiger charge is -1.95. The average Bonchev–Trinajstić information content (AvgIpc) is 2.81. The zero-order valence-electron chi connectivity index (χ0n) is 8.62. The van der Waals surface area contributed by atoms with Crippen molar-refractivity contribution < 1.29 is 0 Å². The zero-order chi connectivity index (χ0) is 11.1. The van der Waals surface area contributed by atoms with Crippen molar-refractivity contribution in [3.05, 3.63) is 40.1 Å². The lowest BCUT2D eigenvalue weighted by molar-refractivity contribution is 1.14. The van der Waals surface area contributed by atoms with Crippen LogP contribution in [0.3, 0.4) is 0 Å². The quantitative estimate of drug-likeness (QED) is 0.709.